The molecule has 0 aliphatic carbocycles. The molecule has 0 aromatic rings. The summed E-state index contributed by atoms with van der Waals surface area (Å²) in [5, 5.41) is 3.22. The van der Waals surface area contributed by atoms with Crippen LogP contribution in [-0.2, 0) is 14.3 Å². The van der Waals surface area contributed by atoms with Crippen LogP contribution >= 0.6 is 0 Å². The molecule has 70 valence electrons. The Morgan fingerprint density at radius 1 is 1.50 bits per heavy atom. The third-order valence-corrected chi connectivity index (χ3v) is 1.95. The van der Waals surface area contributed by atoms with Gasteiger partial charge in [-0.25, -0.2) is 4.79 Å². The summed E-state index contributed by atoms with van der Waals surface area (Å²) in [5.74, 6) is -0.298. The predicted molar refractivity (Wildman–Crippen MR) is 43.9 cm³/mol. The smallest absolute Gasteiger partial charge is 0.331 e. The molecule has 0 bridgehead atoms. The highest BCUT2D eigenvalue weighted by atomic mass is 16.6. The number of hydrogen-bond acceptors (Lipinski definition) is 4. The van der Waals surface area contributed by atoms with Crippen LogP contribution in [0.2, 0.25) is 0 Å². The summed E-state index contributed by atoms with van der Waals surface area (Å²) in [6, 6.07) is 0. The van der Waals surface area contributed by atoms with E-state index in [9.17, 15) is 4.79 Å². The van der Waals surface area contributed by atoms with Crippen molar-refractivity contribution in [3.63, 3.8) is 0 Å². The number of rotatable bonds is 3. The molecule has 0 atom stereocenters. The van der Waals surface area contributed by atoms with E-state index in [1.165, 1.54) is 7.11 Å². The zero-order valence-electron chi connectivity index (χ0n) is 7.34. The largest absolute Gasteiger partial charge is 0.467 e. The van der Waals surface area contributed by atoms with Crippen LogP contribution in [0, 0.1) is 0 Å². The van der Waals surface area contributed by atoms with Gasteiger partial charge < -0.3 is 14.8 Å². The van der Waals surface area contributed by atoms with Gasteiger partial charge in [-0.2, -0.15) is 0 Å². The molecule has 1 heterocycles. The zero-order chi connectivity index (χ0) is 8.81. The standard InChI is InChI=1S/C8H15NO3/c1-11-8(10)6-12-7-2-4-9-5-3-7/h7,9H,2-6H2,1H3. The van der Waals surface area contributed by atoms with Crippen molar-refractivity contribution in [2.45, 2.75) is 18.9 Å². The summed E-state index contributed by atoms with van der Waals surface area (Å²) >= 11 is 0. The van der Waals surface area contributed by atoms with Gasteiger partial charge in [0.25, 0.3) is 0 Å². The molecular weight excluding hydrogens is 158 g/mol. The molecule has 0 spiro atoms. The van der Waals surface area contributed by atoms with E-state index >= 15 is 0 Å². The van der Waals surface area contributed by atoms with Crippen LogP contribution in [0.5, 0.6) is 0 Å². The molecule has 12 heavy (non-hydrogen) atoms. The van der Waals surface area contributed by atoms with Gasteiger partial charge in [0.1, 0.15) is 6.61 Å². The van der Waals surface area contributed by atoms with Crippen molar-refractivity contribution in [2.75, 3.05) is 26.8 Å². The lowest BCUT2D eigenvalue weighted by atomic mass is 10.1. The van der Waals surface area contributed by atoms with Crippen molar-refractivity contribution in [1.29, 1.82) is 0 Å². The fraction of sp³-hybridized carbons (Fsp3) is 0.875. The highest BCUT2D eigenvalue weighted by Crippen LogP contribution is 2.06. The molecule has 0 radical (unpaired) electrons. The Balaban J connectivity index is 2.09. The first-order chi connectivity index (χ1) is 5.83. The van der Waals surface area contributed by atoms with Crippen LogP contribution in [0.3, 0.4) is 0 Å². The lowest BCUT2D eigenvalue weighted by Gasteiger charge is -2.22. The van der Waals surface area contributed by atoms with Crippen molar-refractivity contribution in [1.82, 2.24) is 5.32 Å². The monoisotopic (exact) mass is 173 g/mol. The second kappa shape index (κ2) is 5.11. The van der Waals surface area contributed by atoms with E-state index in [1.807, 2.05) is 0 Å². The topological polar surface area (TPSA) is 47.6 Å². The lowest BCUT2D eigenvalue weighted by molar-refractivity contribution is -0.148. The molecule has 0 saturated carbocycles. The number of nitrogens with one attached hydrogen (secondary N) is 1. The van der Waals surface area contributed by atoms with Gasteiger partial charge in [0.2, 0.25) is 0 Å². The molecule has 0 aromatic carbocycles. The SMILES string of the molecule is COC(=O)COC1CCNCC1. The Morgan fingerprint density at radius 3 is 2.75 bits per heavy atom. The molecular formula is C8H15NO3. The summed E-state index contributed by atoms with van der Waals surface area (Å²) in [6.07, 6.45) is 2.19. The van der Waals surface area contributed by atoms with E-state index < -0.39 is 0 Å². The maximum absolute atomic E-state index is 10.7. The first kappa shape index (κ1) is 9.48. The van der Waals surface area contributed by atoms with Crippen molar-refractivity contribution in [3.05, 3.63) is 0 Å². The minimum absolute atomic E-state index is 0.0845. The van der Waals surface area contributed by atoms with Gasteiger partial charge in [-0.05, 0) is 25.9 Å². The van der Waals surface area contributed by atoms with E-state index in [0.29, 0.717) is 0 Å². The van der Waals surface area contributed by atoms with E-state index in [4.69, 9.17) is 4.74 Å². The summed E-state index contributed by atoms with van der Waals surface area (Å²) in [7, 11) is 1.37. The van der Waals surface area contributed by atoms with E-state index in [0.717, 1.165) is 25.9 Å². The van der Waals surface area contributed by atoms with Gasteiger partial charge in [-0.3, -0.25) is 0 Å². The number of methoxy groups -OCH3 is 1. The van der Waals surface area contributed by atoms with Crippen LogP contribution in [0.4, 0.5) is 0 Å². The van der Waals surface area contributed by atoms with Crippen molar-refractivity contribution in [2.24, 2.45) is 0 Å². The lowest BCUT2D eigenvalue weighted by Crippen LogP contribution is -2.33. The van der Waals surface area contributed by atoms with Gasteiger partial charge in [-0.15, -0.1) is 0 Å². The van der Waals surface area contributed by atoms with E-state index in [1.54, 1.807) is 0 Å². The Hall–Kier alpha value is -0.610. The average Bonchev–Trinajstić information content (AvgIpc) is 2.16. The van der Waals surface area contributed by atoms with Crippen LogP contribution in [0.25, 0.3) is 0 Å². The summed E-state index contributed by atoms with van der Waals surface area (Å²) in [6.45, 7) is 2.04. The average molecular weight is 173 g/mol. The van der Waals surface area contributed by atoms with Gasteiger partial charge in [0.05, 0.1) is 13.2 Å². The van der Waals surface area contributed by atoms with Crippen molar-refractivity contribution >= 4 is 5.97 Å². The number of carbonyl (C=O) groups is 1. The highest BCUT2D eigenvalue weighted by molar-refractivity contribution is 5.70. The van der Waals surface area contributed by atoms with Gasteiger partial charge in [0, 0.05) is 0 Å². The normalized spacial score (nSPS) is 19.1. The Labute approximate surface area is 72.2 Å². The fourth-order valence-corrected chi connectivity index (χ4v) is 1.21. The molecule has 1 fully saturated rings. The Bertz CT molecular complexity index is 143. The number of ether oxygens (including phenoxy) is 2. The summed E-state index contributed by atoms with van der Waals surface area (Å²) in [4.78, 5) is 10.7. The fourth-order valence-electron chi connectivity index (χ4n) is 1.21. The van der Waals surface area contributed by atoms with Crippen LogP contribution in [0.1, 0.15) is 12.8 Å². The summed E-state index contributed by atoms with van der Waals surface area (Å²) < 4.78 is 9.78. The second-order valence-corrected chi connectivity index (χ2v) is 2.84. The highest BCUT2D eigenvalue weighted by Gasteiger charge is 2.14. The molecule has 4 nitrogen and oxygen atoms in total. The first-order valence-corrected chi connectivity index (χ1v) is 4.22. The number of piperidine rings is 1. The molecule has 4 heteroatoms. The minimum atomic E-state index is -0.298. The van der Waals surface area contributed by atoms with Crippen LogP contribution in [0.15, 0.2) is 0 Å². The Morgan fingerprint density at radius 2 is 2.17 bits per heavy atom. The molecule has 1 N–H and O–H groups in total. The molecule has 1 rings (SSSR count). The number of carbonyl (C=O) groups excluding carboxylic acids is 1. The summed E-state index contributed by atoms with van der Waals surface area (Å²) in [5.41, 5.74) is 0. The van der Waals surface area contributed by atoms with Gasteiger partial charge >= 0.3 is 5.97 Å². The molecule has 1 aliphatic heterocycles. The minimum Gasteiger partial charge on any atom is -0.467 e. The quantitative estimate of drug-likeness (QED) is 0.607. The van der Waals surface area contributed by atoms with E-state index in [-0.39, 0.29) is 18.7 Å². The first-order valence-electron chi connectivity index (χ1n) is 4.22. The molecule has 0 amide bonds. The van der Waals surface area contributed by atoms with Crippen molar-refractivity contribution < 1.29 is 14.3 Å². The zero-order valence-corrected chi connectivity index (χ0v) is 7.34. The third kappa shape index (κ3) is 3.19. The van der Waals surface area contributed by atoms with E-state index in [2.05, 4.69) is 10.1 Å². The second-order valence-electron chi connectivity index (χ2n) is 2.84. The number of esters is 1. The maximum Gasteiger partial charge on any atom is 0.331 e. The van der Waals surface area contributed by atoms with Crippen molar-refractivity contribution in [3.8, 4) is 0 Å². The van der Waals surface area contributed by atoms with Crippen LogP contribution in [-0.4, -0.2) is 38.9 Å². The predicted octanol–water partition coefficient (Wildman–Crippen LogP) is -0.0720. The third-order valence-electron chi connectivity index (χ3n) is 1.95. The maximum atomic E-state index is 10.7. The van der Waals surface area contributed by atoms with Gasteiger partial charge in [0.15, 0.2) is 0 Å². The Kier molecular flexibility index (Phi) is 4.04. The van der Waals surface area contributed by atoms with Gasteiger partial charge in [-0.1, -0.05) is 0 Å². The molecule has 0 unspecified atom stereocenters. The van der Waals surface area contributed by atoms with Crippen LogP contribution < -0.4 is 5.32 Å². The molecule has 1 saturated heterocycles. The number of hydrogen-bond donors (Lipinski definition) is 1. The molecule has 1 aliphatic rings. The molecule has 0 aromatic heterocycles.